The topological polar surface area (TPSA) is 64.7 Å². The fraction of sp³-hybridized carbons (Fsp3) is 0.611. The molecule has 0 radical (unpaired) electrons. The number of hydrogen-bond acceptors (Lipinski definition) is 3. The zero-order valence-corrected chi connectivity index (χ0v) is 15.0. The smallest absolute Gasteiger partial charge is 0.224 e. The van der Waals surface area contributed by atoms with Crippen molar-refractivity contribution in [3.05, 3.63) is 35.2 Å². The van der Waals surface area contributed by atoms with Crippen LogP contribution >= 0.6 is 0 Å². The number of nitrogens with zero attached hydrogens (tertiary/aromatic N) is 4. The minimum absolute atomic E-state index is 0.0823. The Morgan fingerprint density at radius 1 is 1.42 bits per heavy atom. The standard InChI is InChI=1S/C18H27N5O/c1-12(2)10-23-14(4)16(13(3)21-23)9-18(24)20-15-5-6-17-19-7-8-22(17)11-15/h7-8,12,15H,5-6,9-11H2,1-4H3,(H,20,24)/t15-/m0/s1. The first-order valence-corrected chi connectivity index (χ1v) is 8.76. The molecule has 24 heavy (non-hydrogen) atoms. The number of carbonyl (C=O) groups excluding carboxylic acids is 1. The fourth-order valence-electron chi connectivity index (χ4n) is 3.44. The van der Waals surface area contributed by atoms with Gasteiger partial charge in [-0.15, -0.1) is 0 Å². The van der Waals surface area contributed by atoms with Crippen LogP contribution in [-0.4, -0.2) is 31.3 Å². The number of imidazole rings is 1. The number of amides is 1. The summed E-state index contributed by atoms with van der Waals surface area (Å²) in [5.74, 6) is 1.73. The van der Waals surface area contributed by atoms with E-state index in [9.17, 15) is 4.79 Å². The van der Waals surface area contributed by atoms with Gasteiger partial charge >= 0.3 is 0 Å². The van der Waals surface area contributed by atoms with E-state index in [4.69, 9.17) is 0 Å². The third kappa shape index (κ3) is 3.52. The van der Waals surface area contributed by atoms with Crippen molar-refractivity contribution in [1.29, 1.82) is 0 Å². The van der Waals surface area contributed by atoms with E-state index in [0.29, 0.717) is 12.3 Å². The Labute approximate surface area is 143 Å². The quantitative estimate of drug-likeness (QED) is 0.913. The molecule has 0 unspecified atom stereocenters. The van der Waals surface area contributed by atoms with E-state index in [1.54, 1.807) is 0 Å². The number of nitrogens with one attached hydrogen (secondary N) is 1. The second-order valence-corrected chi connectivity index (χ2v) is 7.20. The Morgan fingerprint density at radius 2 is 2.21 bits per heavy atom. The largest absolute Gasteiger partial charge is 0.351 e. The average molecular weight is 329 g/mol. The first-order valence-electron chi connectivity index (χ1n) is 8.76. The highest BCUT2D eigenvalue weighted by Crippen LogP contribution is 2.17. The highest BCUT2D eigenvalue weighted by molar-refractivity contribution is 5.79. The summed E-state index contributed by atoms with van der Waals surface area (Å²) in [7, 11) is 0. The minimum atomic E-state index is 0.0823. The number of hydrogen-bond donors (Lipinski definition) is 1. The Kier molecular flexibility index (Phi) is 4.73. The molecule has 2 aromatic heterocycles. The normalized spacial score (nSPS) is 17.1. The maximum Gasteiger partial charge on any atom is 0.224 e. The lowest BCUT2D eigenvalue weighted by molar-refractivity contribution is -0.121. The highest BCUT2D eigenvalue weighted by Gasteiger charge is 2.22. The second-order valence-electron chi connectivity index (χ2n) is 7.20. The molecule has 2 aromatic rings. The maximum absolute atomic E-state index is 12.5. The molecule has 0 fully saturated rings. The summed E-state index contributed by atoms with van der Waals surface area (Å²) in [6.07, 6.45) is 6.09. The van der Waals surface area contributed by atoms with E-state index >= 15 is 0 Å². The van der Waals surface area contributed by atoms with Crippen molar-refractivity contribution in [1.82, 2.24) is 24.6 Å². The molecule has 0 saturated carbocycles. The third-order valence-electron chi connectivity index (χ3n) is 4.71. The van der Waals surface area contributed by atoms with Crippen LogP contribution < -0.4 is 5.32 Å². The summed E-state index contributed by atoms with van der Waals surface area (Å²) in [4.78, 5) is 16.8. The summed E-state index contributed by atoms with van der Waals surface area (Å²) >= 11 is 0. The average Bonchev–Trinajstić information content (AvgIpc) is 3.07. The Balaban J connectivity index is 1.62. The molecule has 6 nitrogen and oxygen atoms in total. The number of fused-ring (bicyclic) bond motifs is 1. The van der Waals surface area contributed by atoms with Gasteiger partial charge in [-0.05, 0) is 26.2 Å². The van der Waals surface area contributed by atoms with Crippen LogP contribution in [0.4, 0.5) is 0 Å². The van der Waals surface area contributed by atoms with E-state index < -0.39 is 0 Å². The van der Waals surface area contributed by atoms with Gasteiger partial charge < -0.3 is 9.88 Å². The van der Waals surface area contributed by atoms with Crippen molar-refractivity contribution >= 4 is 5.91 Å². The maximum atomic E-state index is 12.5. The van der Waals surface area contributed by atoms with E-state index in [1.165, 1.54) is 0 Å². The molecular weight excluding hydrogens is 302 g/mol. The molecule has 0 spiro atoms. The lowest BCUT2D eigenvalue weighted by atomic mass is 10.1. The van der Waals surface area contributed by atoms with Gasteiger partial charge in [0, 0.05) is 49.2 Å². The Hall–Kier alpha value is -2.11. The van der Waals surface area contributed by atoms with E-state index in [0.717, 1.165) is 48.7 Å². The summed E-state index contributed by atoms with van der Waals surface area (Å²) in [5.41, 5.74) is 3.13. The van der Waals surface area contributed by atoms with Crippen molar-refractivity contribution < 1.29 is 4.79 Å². The first-order chi connectivity index (χ1) is 11.4. The Morgan fingerprint density at radius 3 is 2.96 bits per heavy atom. The predicted octanol–water partition coefficient (Wildman–Crippen LogP) is 2.03. The van der Waals surface area contributed by atoms with Crippen molar-refractivity contribution in [3.8, 4) is 0 Å². The van der Waals surface area contributed by atoms with Crippen LogP contribution in [0.15, 0.2) is 12.4 Å². The number of aryl methyl sites for hydroxylation is 2. The van der Waals surface area contributed by atoms with Gasteiger partial charge in [-0.2, -0.15) is 5.10 Å². The van der Waals surface area contributed by atoms with Gasteiger partial charge in [0.15, 0.2) is 0 Å². The lowest BCUT2D eigenvalue weighted by Crippen LogP contribution is -2.41. The Bertz CT molecular complexity index is 728. The molecule has 1 aliphatic heterocycles. The molecule has 1 N–H and O–H groups in total. The van der Waals surface area contributed by atoms with Gasteiger partial charge in [-0.25, -0.2) is 4.98 Å². The molecule has 1 amide bonds. The molecule has 0 aliphatic carbocycles. The van der Waals surface area contributed by atoms with Crippen molar-refractivity contribution in [2.24, 2.45) is 5.92 Å². The van der Waals surface area contributed by atoms with Gasteiger partial charge in [0.05, 0.1) is 12.1 Å². The second kappa shape index (κ2) is 6.79. The van der Waals surface area contributed by atoms with Crippen LogP contribution in [0.3, 0.4) is 0 Å². The summed E-state index contributed by atoms with van der Waals surface area (Å²) < 4.78 is 4.16. The first kappa shape index (κ1) is 16.7. The third-order valence-corrected chi connectivity index (χ3v) is 4.71. The number of aromatic nitrogens is 4. The molecule has 0 bridgehead atoms. The number of carbonyl (C=O) groups is 1. The van der Waals surface area contributed by atoms with Crippen LogP contribution in [-0.2, 0) is 30.7 Å². The molecule has 0 aromatic carbocycles. The van der Waals surface area contributed by atoms with Crippen LogP contribution in [0.5, 0.6) is 0 Å². The zero-order valence-electron chi connectivity index (χ0n) is 15.0. The fourth-order valence-corrected chi connectivity index (χ4v) is 3.44. The van der Waals surface area contributed by atoms with E-state index in [1.807, 2.05) is 24.0 Å². The van der Waals surface area contributed by atoms with Crippen molar-refractivity contribution in [2.75, 3.05) is 0 Å². The van der Waals surface area contributed by atoms with Gasteiger partial charge in [0.25, 0.3) is 0 Å². The molecule has 6 heteroatoms. The lowest BCUT2D eigenvalue weighted by Gasteiger charge is -2.24. The van der Waals surface area contributed by atoms with Crippen molar-refractivity contribution in [2.45, 2.75) is 66.1 Å². The minimum Gasteiger partial charge on any atom is -0.351 e. The van der Waals surface area contributed by atoms with Crippen LogP contribution in [0.25, 0.3) is 0 Å². The van der Waals surface area contributed by atoms with Gasteiger partial charge in [-0.1, -0.05) is 13.8 Å². The summed E-state index contributed by atoms with van der Waals surface area (Å²) in [6.45, 7) is 10.1. The van der Waals surface area contributed by atoms with Crippen LogP contribution in [0.1, 0.15) is 43.0 Å². The molecule has 0 saturated heterocycles. The highest BCUT2D eigenvalue weighted by atomic mass is 16.1. The zero-order chi connectivity index (χ0) is 17.3. The van der Waals surface area contributed by atoms with Crippen LogP contribution in [0, 0.1) is 19.8 Å². The molecular formula is C18H27N5O. The van der Waals surface area contributed by atoms with Gasteiger partial charge in [0.1, 0.15) is 5.82 Å². The molecule has 1 atom stereocenters. The SMILES string of the molecule is Cc1nn(CC(C)C)c(C)c1CC(=O)N[C@H]1CCc2nccn2C1. The van der Waals surface area contributed by atoms with Crippen LogP contribution in [0.2, 0.25) is 0 Å². The number of rotatable bonds is 5. The summed E-state index contributed by atoms with van der Waals surface area (Å²) in [6, 6.07) is 0.186. The van der Waals surface area contributed by atoms with Gasteiger partial charge in [0.2, 0.25) is 5.91 Å². The van der Waals surface area contributed by atoms with Gasteiger partial charge in [-0.3, -0.25) is 9.48 Å². The summed E-state index contributed by atoms with van der Waals surface area (Å²) in [5, 5.41) is 7.78. The molecule has 130 valence electrons. The van der Waals surface area contributed by atoms with E-state index in [2.05, 4.69) is 40.7 Å². The van der Waals surface area contributed by atoms with Crippen molar-refractivity contribution in [3.63, 3.8) is 0 Å². The molecule has 3 heterocycles. The molecule has 1 aliphatic rings. The predicted molar refractivity (Wildman–Crippen MR) is 92.7 cm³/mol. The monoisotopic (exact) mass is 329 g/mol. The van der Waals surface area contributed by atoms with E-state index in [-0.39, 0.29) is 11.9 Å². The molecule has 3 rings (SSSR count).